The maximum absolute atomic E-state index is 9.55. The Labute approximate surface area is 80.6 Å². The summed E-state index contributed by atoms with van der Waals surface area (Å²) in [5, 5.41) is 9.55. The summed E-state index contributed by atoms with van der Waals surface area (Å²) < 4.78 is 4.16. The lowest BCUT2D eigenvalue weighted by Crippen LogP contribution is -1.72. The highest BCUT2D eigenvalue weighted by Gasteiger charge is 2.05. The van der Waals surface area contributed by atoms with Gasteiger partial charge in [0.05, 0.1) is 10.6 Å². The molecule has 2 aromatic rings. The second kappa shape index (κ2) is 3.18. The van der Waals surface area contributed by atoms with E-state index in [9.17, 15) is 5.11 Å². The van der Waals surface area contributed by atoms with E-state index in [1.807, 2.05) is 31.2 Å². The van der Waals surface area contributed by atoms with Crippen molar-refractivity contribution in [1.29, 1.82) is 0 Å². The largest absolute Gasteiger partial charge is 0.507 e. The molecule has 0 fully saturated rings. The van der Waals surface area contributed by atoms with Crippen molar-refractivity contribution in [3.8, 4) is 16.2 Å². The minimum absolute atomic E-state index is 0.311. The molecule has 0 aliphatic carbocycles. The average Bonchev–Trinajstić information content (AvgIpc) is 2.53. The van der Waals surface area contributed by atoms with E-state index in [2.05, 4.69) is 4.37 Å². The first-order chi connectivity index (χ1) is 6.27. The fourth-order valence-electron chi connectivity index (χ4n) is 1.17. The summed E-state index contributed by atoms with van der Waals surface area (Å²) >= 11 is 1.41. The van der Waals surface area contributed by atoms with Gasteiger partial charge >= 0.3 is 0 Å². The van der Waals surface area contributed by atoms with Crippen molar-refractivity contribution in [2.24, 2.45) is 0 Å². The Kier molecular flexibility index (Phi) is 2.02. The van der Waals surface area contributed by atoms with Crippen molar-refractivity contribution < 1.29 is 5.11 Å². The Morgan fingerprint density at radius 1 is 1.31 bits per heavy atom. The molecule has 1 N–H and O–H groups in total. The molecule has 1 heterocycles. The third-order valence-corrected chi connectivity index (χ3v) is 2.71. The van der Waals surface area contributed by atoms with Gasteiger partial charge in [0.15, 0.2) is 0 Å². The smallest absolute Gasteiger partial charge is 0.124 e. The number of aromatic nitrogens is 1. The topological polar surface area (TPSA) is 33.1 Å². The minimum Gasteiger partial charge on any atom is -0.507 e. The predicted molar refractivity (Wildman–Crippen MR) is 54.0 cm³/mol. The normalized spacial score (nSPS) is 10.2. The van der Waals surface area contributed by atoms with Gasteiger partial charge in [0.2, 0.25) is 0 Å². The zero-order valence-electron chi connectivity index (χ0n) is 7.19. The van der Waals surface area contributed by atoms with Crippen LogP contribution in [0.15, 0.2) is 30.3 Å². The van der Waals surface area contributed by atoms with Gasteiger partial charge in [-0.05, 0) is 36.7 Å². The third kappa shape index (κ3) is 1.55. The molecule has 0 radical (unpaired) electrons. The van der Waals surface area contributed by atoms with Gasteiger partial charge in [-0.25, -0.2) is 0 Å². The first-order valence-corrected chi connectivity index (χ1v) is 4.76. The maximum Gasteiger partial charge on any atom is 0.124 e. The average molecular weight is 191 g/mol. The standard InChI is InChI=1S/C10H9NOS/c1-7-6-10(13-11-7)8-4-2-3-5-9(8)12/h2-6,12H,1H3. The van der Waals surface area contributed by atoms with Crippen LogP contribution in [0.25, 0.3) is 10.4 Å². The van der Waals surface area contributed by atoms with Gasteiger partial charge in [0.1, 0.15) is 5.75 Å². The van der Waals surface area contributed by atoms with Crippen molar-refractivity contribution in [3.63, 3.8) is 0 Å². The summed E-state index contributed by atoms with van der Waals surface area (Å²) in [4.78, 5) is 1.01. The molecule has 0 bridgehead atoms. The van der Waals surface area contributed by atoms with Crippen molar-refractivity contribution in [2.45, 2.75) is 6.92 Å². The molecule has 13 heavy (non-hydrogen) atoms. The van der Waals surface area contributed by atoms with Crippen molar-refractivity contribution in [1.82, 2.24) is 4.37 Å². The van der Waals surface area contributed by atoms with Crippen LogP contribution in [0.5, 0.6) is 5.75 Å². The fourth-order valence-corrected chi connectivity index (χ4v) is 1.96. The van der Waals surface area contributed by atoms with Gasteiger partial charge in [-0.1, -0.05) is 12.1 Å². The van der Waals surface area contributed by atoms with Gasteiger partial charge in [-0.15, -0.1) is 0 Å². The van der Waals surface area contributed by atoms with Gasteiger partial charge in [-0.2, -0.15) is 4.37 Å². The number of aryl methyl sites for hydroxylation is 1. The highest BCUT2D eigenvalue weighted by atomic mass is 32.1. The van der Waals surface area contributed by atoms with Crippen LogP contribution in [0, 0.1) is 6.92 Å². The zero-order chi connectivity index (χ0) is 9.26. The number of para-hydroxylation sites is 1. The summed E-state index contributed by atoms with van der Waals surface area (Å²) in [6.45, 7) is 1.94. The van der Waals surface area contributed by atoms with Crippen LogP contribution in [0.4, 0.5) is 0 Å². The second-order valence-electron chi connectivity index (χ2n) is 2.85. The van der Waals surface area contributed by atoms with E-state index in [-0.39, 0.29) is 0 Å². The molecule has 1 aromatic carbocycles. The van der Waals surface area contributed by atoms with Crippen LogP contribution in [0.2, 0.25) is 0 Å². The molecule has 0 atom stereocenters. The predicted octanol–water partition coefficient (Wildman–Crippen LogP) is 2.82. The number of phenolic OH excluding ortho intramolecular Hbond substituents is 1. The Morgan fingerprint density at radius 3 is 2.69 bits per heavy atom. The van der Waals surface area contributed by atoms with E-state index in [4.69, 9.17) is 0 Å². The van der Waals surface area contributed by atoms with Gasteiger partial charge in [0.25, 0.3) is 0 Å². The van der Waals surface area contributed by atoms with E-state index >= 15 is 0 Å². The molecular weight excluding hydrogens is 182 g/mol. The molecule has 0 saturated heterocycles. The monoisotopic (exact) mass is 191 g/mol. The van der Waals surface area contributed by atoms with Gasteiger partial charge in [0, 0.05) is 5.56 Å². The molecule has 0 spiro atoms. The van der Waals surface area contributed by atoms with Crippen LogP contribution < -0.4 is 0 Å². The van der Waals surface area contributed by atoms with E-state index < -0.39 is 0 Å². The molecule has 2 rings (SSSR count). The SMILES string of the molecule is Cc1cc(-c2ccccc2O)sn1. The lowest BCUT2D eigenvalue weighted by molar-refractivity contribution is 0.477. The number of rotatable bonds is 1. The number of phenols is 1. The quantitative estimate of drug-likeness (QED) is 0.751. The van der Waals surface area contributed by atoms with E-state index in [1.54, 1.807) is 6.07 Å². The lowest BCUT2D eigenvalue weighted by atomic mass is 10.1. The lowest BCUT2D eigenvalue weighted by Gasteiger charge is -1.98. The summed E-state index contributed by atoms with van der Waals surface area (Å²) in [6.07, 6.45) is 0. The highest BCUT2D eigenvalue weighted by molar-refractivity contribution is 7.09. The van der Waals surface area contributed by atoms with Crippen molar-refractivity contribution in [2.75, 3.05) is 0 Å². The third-order valence-electron chi connectivity index (χ3n) is 1.80. The Morgan fingerprint density at radius 2 is 2.08 bits per heavy atom. The summed E-state index contributed by atoms with van der Waals surface area (Å²) in [5.74, 6) is 0.311. The molecule has 1 aromatic heterocycles. The summed E-state index contributed by atoms with van der Waals surface area (Å²) in [5.41, 5.74) is 1.84. The van der Waals surface area contributed by atoms with E-state index in [1.165, 1.54) is 11.5 Å². The van der Waals surface area contributed by atoms with Crippen LogP contribution in [-0.2, 0) is 0 Å². The molecular formula is C10H9NOS. The minimum atomic E-state index is 0.311. The Hall–Kier alpha value is -1.35. The van der Waals surface area contributed by atoms with Crippen LogP contribution in [0.3, 0.4) is 0 Å². The number of aromatic hydroxyl groups is 1. The first kappa shape index (κ1) is 8.26. The molecule has 66 valence electrons. The Bertz CT molecular complexity index is 422. The zero-order valence-corrected chi connectivity index (χ0v) is 8.01. The molecule has 0 unspecified atom stereocenters. The number of hydrogen-bond acceptors (Lipinski definition) is 3. The van der Waals surface area contributed by atoms with Gasteiger partial charge < -0.3 is 5.11 Å². The molecule has 0 aliphatic rings. The van der Waals surface area contributed by atoms with Crippen LogP contribution >= 0.6 is 11.5 Å². The number of nitrogens with zero attached hydrogens (tertiary/aromatic N) is 1. The number of benzene rings is 1. The molecule has 0 aliphatic heterocycles. The first-order valence-electron chi connectivity index (χ1n) is 3.99. The number of hydrogen-bond donors (Lipinski definition) is 1. The van der Waals surface area contributed by atoms with Crippen molar-refractivity contribution in [3.05, 3.63) is 36.0 Å². The molecule has 3 heteroatoms. The molecule has 0 saturated carbocycles. The molecule has 2 nitrogen and oxygen atoms in total. The van der Waals surface area contributed by atoms with E-state index in [0.717, 1.165) is 16.1 Å². The maximum atomic E-state index is 9.55. The van der Waals surface area contributed by atoms with Gasteiger partial charge in [-0.3, -0.25) is 0 Å². The molecule has 0 amide bonds. The van der Waals surface area contributed by atoms with Crippen molar-refractivity contribution >= 4 is 11.5 Å². The van der Waals surface area contributed by atoms with Crippen LogP contribution in [-0.4, -0.2) is 9.48 Å². The Balaban J connectivity index is 2.52. The van der Waals surface area contributed by atoms with E-state index in [0.29, 0.717) is 5.75 Å². The summed E-state index contributed by atoms with van der Waals surface area (Å²) in [6, 6.07) is 9.27. The van der Waals surface area contributed by atoms with Crippen LogP contribution in [0.1, 0.15) is 5.69 Å². The highest BCUT2D eigenvalue weighted by Crippen LogP contribution is 2.31. The summed E-state index contributed by atoms with van der Waals surface area (Å²) in [7, 11) is 0. The second-order valence-corrected chi connectivity index (χ2v) is 3.65. The fraction of sp³-hybridized carbons (Fsp3) is 0.100.